The van der Waals surface area contributed by atoms with Crippen LogP contribution in [-0.2, 0) is 12.3 Å². The zero-order chi connectivity index (χ0) is 18.9. The number of aromatic nitrogens is 2. The Morgan fingerprint density at radius 3 is 1.65 bits per heavy atom. The van der Waals surface area contributed by atoms with Gasteiger partial charge in [0.2, 0.25) is 0 Å². The van der Waals surface area contributed by atoms with Crippen LogP contribution in [0.3, 0.4) is 0 Å². The number of hydrogen-bond donors (Lipinski definition) is 0. The molecule has 11 heteroatoms. The molecule has 0 saturated heterocycles. The maximum absolute atomic E-state index is 11.4. The molecule has 10 nitrogen and oxygen atoms in total. The molecule has 4 heterocycles. The van der Waals surface area contributed by atoms with E-state index in [2.05, 4.69) is 0 Å². The number of rotatable bonds is 2. The standard InChI is InChI=1S/C15H17N4O6Si/c1-10-4-12(18(20)21)14-16(6-10)8-26(3,24-14)9-17-7-11(2)5-13(19(22)23)15(17)25-26/h4-7H,8-9H2,1-3H3/q+1. The second-order valence-corrected chi connectivity index (χ2v) is 12.5. The Balaban J connectivity index is 1.84. The fourth-order valence-electron chi connectivity index (χ4n) is 3.86. The Labute approximate surface area is 148 Å². The van der Waals surface area contributed by atoms with Gasteiger partial charge in [0.1, 0.15) is 0 Å². The number of pyridine rings is 2. The molecular weight excluding hydrogens is 360 g/mol. The van der Waals surface area contributed by atoms with Crippen molar-refractivity contribution < 1.29 is 27.8 Å². The number of fused-ring (bicyclic) bond motifs is 2. The summed E-state index contributed by atoms with van der Waals surface area (Å²) in [6.07, 6.45) is 4.18. The normalized spacial score (nSPS) is 19.6. The molecule has 0 N–H and O–H groups in total. The van der Waals surface area contributed by atoms with E-state index in [1.54, 1.807) is 35.4 Å². The first-order valence-electron chi connectivity index (χ1n) is 8.03. The Bertz CT molecular complexity index is 944. The molecule has 1 spiro atoms. The van der Waals surface area contributed by atoms with Crippen LogP contribution in [0.15, 0.2) is 24.5 Å². The van der Waals surface area contributed by atoms with Crippen LogP contribution in [0.4, 0.5) is 11.4 Å². The molecule has 136 valence electrons. The fraction of sp³-hybridized carbons (Fsp3) is 0.333. The average molecular weight is 377 g/mol. The van der Waals surface area contributed by atoms with Crippen LogP contribution >= 0.6 is 0 Å². The van der Waals surface area contributed by atoms with E-state index in [9.17, 15) is 20.2 Å². The number of nitrogens with zero attached hydrogens (tertiary/aromatic N) is 4. The Morgan fingerprint density at radius 2 is 1.31 bits per heavy atom. The maximum atomic E-state index is 11.4. The van der Waals surface area contributed by atoms with Crippen LogP contribution < -0.4 is 18.0 Å². The van der Waals surface area contributed by atoms with Gasteiger partial charge in [-0.3, -0.25) is 0 Å². The Morgan fingerprint density at radius 1 is 0.923 bits per heavy atom. The van der Waals surface area contributed by atoms with Gasteiger partial charge >= 0.3 is 147 Å². The molecule has 0 unspecified atom stereocenters. The second-order valence-electron chi connectivity index (χ2n) is 7.42. The predicted molar refractivity (Wildman–Crippen MR) is 88.9 cm³/mol. The van der Waals surface area contributed by atoms with E-state index in [4.69, 9.17) is 8.85 Å². The van der Waals surface area contributed by atoms with Crippen LogP contribution in [0.2, 0.25) is 6.55 Å². The summed E-state index contributed by atoms with van der Waals surface area (Å²) in [5, 5.41) is 22.8. The summed E-state index contributed by atoms with van der Waals surface area (Å²) in [7, 11) is -3.75. The number of aryl methyl sites for hydroxylation is 2. The van der Waals surface area contributed by atoms with Gasteiger partial charge in [-0.1, -0.05) is 0 Å². The molecule has 2 aliphatic rings. The van der Waals surface area contributed by atoms with Crippen molar-refractivity contribution in [3.8, 4) is 11.8 Å². The molecule has 2 aromatic rings. The molecule has 0 amide bonds. The molecule has 4 rings (SSSR count). The second kappa shape index (κ2) is 4.75. The topological polar surface area (TPSA) is 113 Å². The quantitative estimate of drug-likeness (QED) is 0.337. The van der Waals surface area contributed by atoms with Crippen molar-refractivity contribution in [3.63, 3.8) is 0 Å². The number of nitro groups is 2. The summed E-state index contributed by atoms with van der Waals surface area (Å²) in [4.78, 5) is 21.9. The third-order valence-corrected chi connectivity index (χ3v) is 8.53. The van der Waals surface area contributed by atoms with E-state index in [0.29, 0.717) is 12.3 Å². The molecule has 0 atom stereocenters. The van der Waals surface area contributed by atoms with Crippen molar-refractivity contribution >= 4 is 19.2 Å². The van der Waals surface area contributed by atoms with Crippen LogP contribution in [-0.4, -0.2) is 17.7 Å². The van der Waals surface area contributed by atoms with Crippen molar-refractivity contribution in [2.24, 2.45) is 0 Å². The van der Waals surface area contributed by atoms with Crippen molar-refractivity contribution in [2.45, 2.75) is 32.7 Å². The predicted octanol–water partition coefficient (Wildman–Crippen LogP) is 1.28. The van der Waals surface area contributed by atoms with Gasteiger partial charge in [-0.25, -0.2) is 0 Å². The van der Waals surface area contributed by atoms with Crippen LogP contribution in [0.5, 0.6) is 11.8 Å². The zero-order valence-electron chi connectivity index (χ0n) is 14.5. The minimum absolute atomic E-state index is 0.130. The van der Waals surface area contributed by atoms with Crippen molar-refractivity contribution in [3.05, 3.63) is 55.9 Å². The van der Waals surface area contributed by atoms with Crippen LogP contribution in [0.1, 0.15) is 11.1 Å². The van der Waals surface area contributed by atoms with Crippen molar-refractivity contribution in [1.29, 1.82) is 0 Å². The van der Waals surface area contributed by atoms with Gasteiger partial charge in [0, 0.05) is 0 Å². The first kappa shape index (κ1) is 16.4. The number of hydrogen-bond acceptors (Lipinski definition) is 6. The van der Waals surface area contributed by atoms with Gasteiger partial charge in [0.05, 0.1) is 0 Å². The first-order chi connectivity index (χ1) is 12.1. The molecule has 0 radical (unpaired) electrons. The SMILES string of the molecule is Cc1cc([N+](=O)[O-])c2[n+](c1)C[Si-]1(C)(C[n+]3cc(C)cc([N+](=O)[O-])c3O1)O2. The molecule has 0 aromatic carbocycles. The van der Waals surface area contributed by atoms with E-state index in [0.717, 1.165) is 11.1 Å². The molecule has 2 aliphatic heterocycles. The van der Waals surface area contributed by atoms with Gasteiger partial charge < -0.3 is 0 Å². The third kappa shape index (κ3) is 2.24. The Kier molecular flexibility index (Phi) is 3.00. The molecule has 0 fully saturated rings. The third-order valence-electron chi connectivity index (χ3n) is 4.71. The van der Waals surface area contributed by atoms with Crippen molar-refractivity contribution in [2.75, 3.05) is 0 Å². The van der Waals surface area contributed by atoms with E-state index in [1.807, 2.05) is 6.55 Å². The fourth-order valence-corrected chi connectivity index (χ4v) is 7.98. The van der Waals surface area contributed by atoms with E-state index >= 15 is 0 Å². The summed E-state index contributed by atoms with van der Waals surface area (Å²) in [6, 6.07) is 2.90. The molecule has 0 aliphatic carbocycles. The van der Waals surface area contributed by atoms with Gasteiger partial charge in [-0.2, -0.15) is 0 Å². The molecule has 2 aromatic heterocycles. The summed E-state index contributed by atoms with van der Waals surface area (Å²) in [5.74, 6) is 0.286. The Hall–Kier alpha value is -3.08. The summed E-state index contributed by atoms with van der Waals surface area (Å²) >= 11 is 0. The zero-order valence-corrected chi connectivity index (χ0v) is 15.5. The van der Waals surface area contributed by atoms with Gasteiger partial charge in [0.25, 0.3) is 0 Å². The van der Waals surface area contributed by atoms with Crippen LogP contribution in [0.25, 0.3) is 0 Å². The summed E-state index contributed by atoms with van der Waals surface area (Å²) in [6.45, 7) is 5.35. The molecule has 0 saturated carbocycles. The monoisotopic (exact) mass is 377 g/mol. The van der Waals surface area contributed by atoms with Gasteiger partial charge in [0.15, 0.2) is 0 Å². The summed E-state index contributed by atoms with van der Waals surface area (Å²) in [5.41, 5.74) is 1.20. The van der Waals surface area contributed by atoms with Gasteiger partial charge in [-0.05, 0) is 0 Å². The molecule has 0 bridgehead atoms. The van der Waals surface area contributed by atoms with E-state index in [-0.39, 0.29) is 23.1 Å². The first-order valence-corrected chi connectivity index (χ1v) is 11.3. The van der Waals surface area contributed by atoms with Crippen LogP contribution in [0, 0.1) is 34.1 Å². The minimum atomic E-state index is -3.75. The summed E-state index contributed by atoms with van der Waals surface area (Å²) < 4.78 is 15.7. The molecule has 26 heavy (non-hydrogen) atoms. The van der Waals surface area contributed by atoms with E-state index < -0.39 is 17.7 Å². The van der Waals surface area contributed by atoms with Gasteiger partial charge in [-0.15, -0.1) is 0 Å². The van der Waals surface area contributed by atoms with E-state index in [1.165, 1.54) is 12.1 Å². The van der Waals surface area contributed by atoms with Crippen molar-refractivity contribution in [1.82, 2.24) is 0 Å². The average Bonchev–Trinajstić information content (AvgIpc) is 2.97. The molecular formula is C15H17N4O6Si+.